The van der Waals surface area contributed by atoms with Crippen LogP contribution >= 0.6 is 34.5 Å². The highest BCUT2D eigenvalue weighted by atomic mass is 35.5. The van der Waals surface area contributed by atoms with Gasteiger partial charge in [-0.1, -0.05) is 35.3 Å². The number of halogens is 3. The van der Waals surface area contributed by atoms with Crippen molar-refractivity contribution in [2.75, 3.05) is 72.6 Å². The number of piperazine rings is 1. The second-order valence-electron chi connectivity index (χ2n) is 21.8. The zero-order valence-corrected chi connectivity index (χ0v) is 47.6. The summed E-state index contributed by atoms with van der Waals surface area (Å²) in [6, 6.07) is 21.3. The lowest BCUT2D eigenvalue weighted by Gasteiger charge is -2.35. The molecule has 8 heterocycles. The van der Waals surface area contributed by atoms with E-state index < -0.39 is 23.8 Å². The summed E-state index contributed by atoms with van der Waals surface area (Å²) in [6.45, 7) is 16.8. The highest BCUT2D eigenvalue weighted by Crippen LogP contribution is 2.53. The van der Waals surface area contributed by atoms with Crippen LogP contribution in [0, 0.1) is 19.7 Å². The third-order valence-electron chi connectivity index (χ3n) is 14.8. The topological polar surface area (TPSA) is 143 Å². The lowest BCUT2D eigenvalue weighted by atomic mass is 9.92. The normalized spacial score (nSPS) is 20.1. The molecular weight excluding hydrogens is 1070 g/mol. The number of hydrogen-bond donors (Lipinski definition) is 0. The lowest BCUT2D eigenvalue weighted by molar-refractivity contribution is -0.163. The highest BCUT2D eigenvalue weighted by molar-refractivity contribution is 7.22. The van der Waals surface area contributed by atoms with Crippen LogP contribution in [0.25, 0.3) is 43.2 Å². The Balaban J connectivity index is 0.940. The number of morpholine rings is 1. The monoisotopic (exact) mass is 1130 g/mol. The Morgan fingerprint density at radius 2 is 1.56 bits per heavy atom. The molecule has 4 atom stereocenters. The molecule has 6 bridgehead atoms. The van der Waals surface area contributed by atoms with Crippen LogP contribution in [0.1, 0.15) is 56.0 Å². The molecule has 12 rings (SSSR count). The molecule has 0 amide bonds. The largest absolute Gasteiger partial charge is 0.492 e. The van der Waals surface area contributed by atoms with Gasteiger partial charge in [0.1, 0.15) is 65.7 Å². The molecule has 414 valence electrons. The van der Waals surface area contributed by atoms with Crippen molar-refractivity contribution in [3.8, 4) is 61.8 Å². The minimum atomic E-state index is -1.27. The van der Waals surface area contributed by atoms with Crippen molar-refractivity contribution in [1.29, 1.82) is 0 Å². The van der Waals surface area contributed by atoms with Gasteiger partial charge in [0.25, 0.3) is 0 Å². The Hall–Kier alpha value is -6.18. The molecule has 3 aromatic heterocycles. The summed E-state index contributed by atoms with van der Waals surface area (Å²) in [4.78, 5) is 42.0. The van der Waals surface area contributed by atoms with Gasteiger partial charge in [-0.25, -0.2) is 29.1 Å². The van der Waals surface area contributed by atoms with Gasteiger partial charge >= 0.3 is 5.97 Å². The Bertz CT molecular complexity index is 3300. The average molecular weight is 1130 g/mol. The molecule has 0 aliphatic carbocycles. The van der Waals surface area contributed by atoms with Crippen molar-refractivity contribution < 1.29 is 42.3 Å². The van der Waals surface area contributed by atoms with Gasteiger partial charge in [0.05, 0.1) is 33.3 Å². The van der Waals surface area contributed by atoms with Crippen molar-refractivity contribution in [2.45, 2.75) is 90.5 Å². The lowest BCUT2D eigenvalue weighted by Crippen LogP contribution is -2.49. The number of likely N-dealkylation sites (tertiary alicyclic amines) is 1. The van der Waals surface area contributed by atoms with Gasteiger partial charge in [-0.2, -0.15) is 0 Å². The molecule has 5 aliphatic rings. The molecule has 79 heavy (non-hydrogen) atoms. The van der Waals surface area contributed by atoms with Crippen LogP contribution in [-0.4, -0.2) is 143 Å². The van der Waals surface area contributed by atoms with E-state index in [1.165, 1.54) is 29.8 Å². The standard InChI is InChI=1S/C60H64Cl2FN7O8S/c1-35-49-36(2)53(62)54(52(35)61)76-46(31-69-23-21-68(6)22-24-69)33-73-43-17-18-47(74-32-41-19-20-64-56(67-41)38-9-13-42(14-10-38)72-26-25-70-29-44-15-16-45(30-70)75-44)39(27-43)28-48(59(71)78-60(3,4)5)77-57-51-50(49)55(79-58(51)66-34-65-57)37-7-11-40(63)12-8-37/h7-14,17-20,27,34,44-46,48H,15-16,21-26,28-33H2,1-6H3/t44?,45?,46-,48-/m1/s1. The van der Waals surface area contributed by atoms with Crippen LogP contribution in [0.15, 0.2) is 85.3 Å². The van der Waals surface area contributed by atoms with E-state index >= 15 is 0 Å². The minimum Gasteiger partial charge on any atom is -0.492 e. The SMILES string of the molecule is Cc1c(Cl)c2c(Cl)c(C)c1-c1c(-c3ccc(F)cc3)sc3ncnc(c13)O[C@@H](C(=O)OC(C)(C)C)Cc1cc(ccc1OCc1ccnc(-c3ccc(OCCN4CC5CCC(C4)O5)cc3)n1)OC[C@@H](CN1CCN(C)CC1)O2. The predicted molar refractivity (Wildman–Crippen MR) is 304 cm³/mol. The van der Waals surface area contributed by atoms with Crippen LogP contribution < -0.4 is 23.7 Å². The van der Waals surface area contributed by atoms with E-state index in [1.807, 2.05) is 62.4 Å². The maximum Gasteiger partial charge on any atom is 0.348 e. The first-order valence-electron chi connectivity index (χ1n) is 26.9. The summed E-state index contributed by atoms with van der Waals surface area (Å²) in [7, 11) is 2.12. The van der Waals surface area contributed by atoms with Gasteiger partial charge in [0.15, 0.2) is 11.6 Å². The van der Waals surface area contributed by atoms with Gasteiger partial charge in [-0.3, -0.25) is 9.80 Å². The molecule has 0 spiro atoms. The fraction of sp³-hybridized carbons (Fsp3) is 0.417. The minimum absolute atomic E-state index is 0.0284. The van der Waals surface area contributed by atoms with Gasteiger partial charge in [-0.05, 0) is 137 Å². The first kappa shape index (κ1) is 54.8. The van der Waals surface area contributed by atoms with E-state index in [-0.39, 0.29) is 31.3 Å². The number of aromatic nitrogens is 4. The van der Waals surface area contributed by atoms with E-state index in [0.717, 1.165) is 80.4 Å². The molecule has 15 nitrogen and oxygen atoms in total. The second kappa shape index (κ2) is 23.5. The average Bonchev–Trinajstić information content (AvgIpc) is 4.03. The molecule has 0 N–H and O–H groups in total. The van der Waals surface area contributed by atoms with Crippen molar-refractivity contribution in [3.63, 3.8) is 0 Å². The van der Waals surface area contributed by atoms with Gasteiger partial charge in [-0.15, -0.1) is 11.3 Å². The molecule has 2 unspecified atom stereocenters. The van der Waals surface area contributed by atoms with Crippen molar-refractivity contribution in [3.05, 3.63) is 124 Å². The number of carbonyl (C=O) groups excluding carboxylic acids is 1. The Morgan fingerprint density at radius 3 is 2.28 bits per heavy atom. The second-order valence-corrected chi connectivity index (χ2v) is 23.5. The zero-order chi connectivity index (χ0) is 55.0. The first-order valence-corrected chi connectivity index (χ1v) is 28.5. The molecule has 3 saturated heterocycles. The third-order valence-corrected chi connectivity index (χ3v) is 16.8. The maximum absolute atomic E-state index is 14.7. The molecule has 4 aromatic carbocycles. The summed E-state index contributed by atoms with van der Waals surface area (Å²) in [5.41, 5.74) is 4.59. The van der Waals surface area contributed by atoms with Crippen LogP contribution in [0.3, 0.4) is 0 Å². The van der Waals surface area contributed by atoms with Crippen molar-refractivity contribution >= 4 is 50.7 Å². The van der Waals surface area contributed by atoms with Crippen molar-refractivity contribution in [2.24, 2.45) is 0 Å². The number of benzene rings is 4. The maximum atomic E-state index is 14.7. The van der Waals surface area contributed by atoms with Gasteiger partial charge in [0, 0.05) is 86.5 Å². The number of ether oxygens (including phenoxy) is 7. The number of fused-ring (bicyclic) bond motifs is 9. The fourth-order valence-corrected chi connectivity index (χ4v) is 12.4. The number of likely N-dealkylation sites (N-methyl/N-ethyl adjacent to an activating group) is 1. The summed E-state index contributed by atoms with van der Waals surface area (Å²) in [5, 5.41) is 1.14. The molecule has 19 heteroatoms. The quantitative estimate of drug-likeness (QED) is 0.107. The Kier molecular flexibility index (Phi) is 16.3. The van der Waals surface area contributed by atoms with Crippen LogP contribution in [0.4, 0.5) is 4.39 Å². The first-order chi connectivity index (χ1) is 38.1. The van der Waals surface area contributed by atoms with Gasteiger partial charge < -0.3 is 38.1 Å². The molecule has 3 fully saturated rings. The van der Waals surface area contributed by atoms with Crippen LogP contribution in [-0.2, 0) is 27.3 Å². The summed E-state index contributed by atoms with van der Waals surface area (Å²) in [5.74, 6) is 1.71. The fourth-order valence-electron chi connectivity index (χ4n) is 10.7. The van der Waals surface area contributed by atoms with E-state index in [0.29, 0.717) is 102 Å². The molecule has 0 saturated carbocycles. The van der Waals surface area contributed by atoms with Crippen molar-refractivity contribution in [1.82, 2.24) is 34.6 Å². The van der Waals surface area contributed by atoms with Gasteiger partial charge in [0.2, 0.25) is 12.0 Å². The molecular formula is C60H64Cl2FN7O8S. The third kappa shape index (κ3) is 12.6. The number of rotatable bonds is 12. The van der Waals surface area contributed by atoms with Crippen LogP contribution in [0.2, 0.25) is 10.0 Å². The Morgan fingerprint density at radius 1 is 0.835 bits per heavy atom. The summed E-state index contributed by atoms with van der Waals surface area (Å²) in [6.07, 6.45) is 4.25. The molecule has 7 aromatic rings. The summed E-state index contributed by atoms with van der Waals surface area (Å²) < 4.78 is 59.9. The Labute approximate surface area is 473 Å². The van der Waals surface area contributed by atoms with E-state index in [9.17, 15) is 9.18 Å². The van der Waals surface area contributed by atoms with Crippen LogP contribution in [0.5, 0.6) is 28.9 Å². The number of esters is 1. The molecule has 5 aliphatic heterocycles. The number of carbonyl (C=O) groups is 1. The number of thiophene rings is 1. The summed E-state index contributed by atoms with van der Waals surface area (Å²) >= 11 is 16.2. The number of hydrogen-bond acceptors (Lipinski definition) is 16. The predicted octanol–water partition coefficient (Wildman–Crippen LogP) is 11.1. The van der Waals surface area contributed by atoms with E-state index in [1.54, 1.807) is 39.1 Å². The number of nitrogens with zero attached hydrogens (tertiary/aromatic N) is 7. The highest BCUT2D eigenvalue weighted by Gasteiger charge is 2.35. The zero-order valence-electron chi connectivity index (χ0n) is 45.2. The molecule has 0 radical (unpaired) electrons. The smallest absolute Gasteiger partial charge is 0.348 e. The van der Waals surface area contributed by atoms with E-state index in [4.69, 9.17) is 71.3 Å². The van der Waals surface area contributed by atoms with E-state index in [2.05, 4.69) is 26.7 Å².